The molecule has 94 valence electrons. The average Bonchev–Trinajstić information content (AvgIpc) is 2.10. The van der Waals surface area contributed by atoms with Crippen LogP contribution in [0.4, 0.5) is 13.2 Å². The van der Waals surface area contributed by atoms with Crippen molar-refractivity contribution in [3.63, 3.8) is 0 Å². The molecule has 1 unspecified atom stereocenters. The van der Waals surface area contributed by atoms with Crippen LogP contribution in [0.2, 0.25) is 0 Å². The predicted octanol–water partition coefficient (Wildman–Crippen LogP) is 0.955. The molecule has 0 radical (unpaired) electrons. The van der Waals surface area contributed by atoms with Gasteiger partial charge in [0.25, 0.3) is 0 Å². The molecule has 2 amide bonds. The zero-order valence-electron chi connectivity index (χ0n) is 9.31. The van der Waals surface area contributed by atoms with Crippen molar-refractivity contribution in [1.29, 1.82) is 0 Å². The van der Waals surface area contributed by atoms with Gasteiger partial charge in [0.1, 0.15) is 6.04 Å². The third-order valence-corrected chi connectivity index (χ3v) is 2.36. The molecule has 0 saturated heterocycles. The number of amides is 2. The van der Waals surface area contributed by atoms with E-state index in [0.29, 0.717) is 0 Å². The number of carbonyl (C=O) groups excluding carboxylic acids is 2. The number of carbonyl (C=O) groups is 2. The lowest BCUT2D eigenvalue weighted by atomic mass is 9.83. The highest BCUT2D eigenvalue weighted by atomic mass is 19.4. The van der Waals surface area contributed by atoms with Crippen molar-refractivity contribution >= 4 is 11.8 Å². The number of hydrogen-bond donors (Lipinski definition) is 2. The maximum atomic E-state index is 12.6. The molecule has 0 aromatic carbocycles. The number of halogens is 3. The number of alkyl halides is 3. The summed E-state index contributed by atoms with van der Waals surface area (Å²) in [5.41, 5.74) is 2.47. The maximum Gasteiger partial charge on any atom is 0.396 e. The minimum Gasteiger partial charge on any atom is -0.368 e. The summed E-state index contributed by atoms with van der Waals surface area (Å²) in [7, 11) is 0. The SMILES string of the molecule is CCC(=O)NC(C(N)=O)C(C)(C)C(F)(F)F. The quantitative estimate of drug-likeness (QED) is 0.768. The molecule has 1 atom stereocenters. The lowest BCUT2D eigenvalue weighted by Crippen LogP contribution is -2.58. The summed E-state index contributed by atoms with van der Waals surface area (Å²) in [6, 6.07) is -1.76. The molecule has 0 aromatic heterocycles. The van der Waals surface area contributed by atoms with Crippen molar-refractivity contribution in [2.75, 3.05) is 0 Å². The van der Waals surface area contributed by atoms with Crippen molar-refractivity contribution in [3.8, 4) is 0 Å². The first-order valence-electron chi connectivity index (χ1n) is 4.69. The van der Waals surface area contributed by atoms with Gasteiger partial charge in [-0.2, -0.15) is 13.2 Å². The van der Waals surface area contributed by atoms with Crippen LogP contribution in [0, 0.1) is 5.41 Å². The highest BCUT2D eigenvalue weighted by molar-refractivity contribution is 5.87. The minimum atomic E-state index is -4.63. The van der Waals surface area contributed by atoms with Crippen LogP contribution in [-0.2, 0) is 9.59 Å². The lowest BCUT2D eigenvalue weighted by molar-refractivity contribution is -0.220. The molecular weight excluding hydrogens is 225 g/mol. The van der Waals surface area contributed by atoms with Crippen LogP contribution in [0.1, 0.15) is 27.2 Å². The Bertz CT molecular complexity index is 287. The topological polar surface area (TPSA) is 72.2 Å². The Balaban J connectivity index is 5.07. The Kier molecular flexibility index (Phi) is 4.34. The Morgan fingerprint density at radius 1 is 1.31 bits per heavy atom. The molecule has 0 aliphatic carbocycles. The van der Waals surface area contributed by atoms with E-state index in [9.17, 15) is 22.8 Å². The Morgan fingerprint density at radius 2 is 1.75 bits per heavy atom. The molecule has 0 fully saturated rings. The fraction of sp³-hybridized carbons (Fsp3) is 0.778. The van der Waals surface area contributed by atoms with Gasteiger partial charge in [-0.25, -0.2) is 0 Å². The van der Waals surface area contributed by atoms with Gasteiger partial charge < -0.3 is 11.1 Å². The van der Waals surface area contributed by atoms with Crippen molar-refractivity contribution in [1.82, 2.24) is 5.32 Å². The van der Waals surface area contributed by atoms with Gasteiger partial charge in [-0.3, -0.25) is 9.59 Å². The summed E-state index contributed by atoms with van der Waals surface area (Å²) < 4.78 is 37.9. The number of nitrogens with one attached hydrogen (secondary N) is 1. The summed E-state index contributed by atoms with van der Waals surface area (Å²) in [5, 5.41) is 1.98. The van der Waals surface area contributed by atoms with Crippen LogP contribution in [0.3, 0.4) is 0 Å². The molecular formula is C9H15F3N2O2. The lowest BCUT2D eigenvalue weighted by Gasteiger charge is -2.34. The van der Waals surface area contributed by atoms with Gasteiger partial charge in [0.2, 0.25) is 11.8 Å². The van der Waals surface area contributed by atoms with Gasteiger partial charge in [0.15, 0.2) is 0 Å². The zero-order valence-corrected chi connectivity index (χ0v) is 9.31. The van der Waals surface area contributed by atoms with Crippen molar-refractivity contribution in [2.45, 2.75) is 39.4 Å². The second-order valence-electron chi connectivity index (χ2n) is 3.98. The number of primary amides is 1. The van der Waals surface area contributed by atoms with Gasteiger partial charge >= 0.3 is 6.18 Å². The molecule has 4 nitrogen and oxygen atoms in total. The van der Waals surface area contributed by atoms with Crippen molar-refractivity contribution in [3.05, 3.63) is 0 Å². The fourth-order valence-corrected chi connectivity index (χ4v) is 1.03. The first-order chi connectivity index (χ1) is 7.04. The second-order valence-corrected chi connectivity index (χ2v) is 3.98. The molecule has 3 N–H and O–H groups in total. The molecule has 0 spiro atoms. The first-order valence-corrected chi connectivity index (χ1v) is 4.69. The highest BCUT2D eigenvalue weighted by Crippen LogP contribution is 2.40. The summed E-state index contributed by atoms with van der Waals surface area (Å²) in [5.74, 6) is -1.86. The van der Waals surface area contributed by atoms with Gasteiger partial charge in [-0.15, -0.1) is 0 Å². The predicted molar refractivity (Wildman–Crippen MR) is 51.3 cm³/mol. The highest BCUT2D eigenvalue weighted by Gasteiger charge is 2.54. The number of nitrogens with two attached hydrogens (primary N) is 1. The molecule has 0 bridgehead atoms. The van der Waals surface area contributed by atoms with Crippen LogP contribution in [0.15, 0.2) is 0 Å². The molecule has 7 heteroatoms. The van der Waals surface area contributed by atoms with Crippen LogP contribution in [-0.4, -0.2) is 24.0 Å². The van der Waals surface area contributed by atoms with Crippen LogP contribution >= 0.6 is 0 Å². The summed E-state index contributed by atoms with van der Waals surface area (Å²) in [6.07, 6.45) is -4.65. The molecule has 0 aliphatic rings. The molecule has 0 heterocycles. The van der Waals surface area contributed by atoms with E-state index < -0.39 is 29.4 Å². The normalized spacial score (nSPS) is 14.4. The number of rotatable bonds is 4. The summed E-state index contributed by atoms with van der Waals surface area (Å²) >= 11 is 0. The van der Waals surface area contributed by atoms with Crippen LogP contribution in [0.25, 0.3) is 0 Å². The van der Waals surface area contributed by atoms with E-state index in [0.717, 1.165) is 13.8 Å². The smallest absolute Gasteiger partial charge is 0.368 e. The minimum absolute atomic E-state index is 0.0162. The number of hydrogen-bond acceptors (Lipinski definition) is 2. The maximum absolute atomic E-state index is 12.6. The van der Waals surface area contributed by atoms with Gasteiger partial charge in [0.05, 0.1) is 5.41 Å². The second kappa shape index (κ2) is 4.71. The monoisotopic (exact) mass is 240 g/mol. The Hall–Kier alpha value is -1.27. The van der Waals surface area contributed by atoms with Gasteiger partial charge in [0, 0.05) is 6.42 Å². The standard InChI is InChI=1S/C9H15F3N2O2/c1-4-5(15)14-6(7(13)16)8(2,3)9(10,11)12/h6H,4H2,1-3H3,(H2,13,16)(H,14,15). The van der Waals surface area contributed by atoms with E-state index in [1.165, 1.54) is 6.92 Å². The van der Waals surface area contributed by atoms with E-state index in [-0.39, 0.29) is 6.42 Å². The van der Waals surface area contributed by atoms with Crippen LogP contribution < -0.4 is 11.1 Å². The largest absolute Gasteiger partial charge is 0.396 e. The molecule has 0 rings (SSSR count). The van der Waals surface area contributed by atoms with Crippen molar-refractivity contribution < 1.29 is 22.8 Å². The Morgan fingerprint density at radius 3 is 2.00 bits per heavy atom. The van der Waals surface area contributed by atoms with E-state index >= 15 is 0 Å². The van der Waals surface area contributed by atoms with E-state index in [1.54, 1.807) is 0 Å². The average molecular weight is 240 g/mol. The molecule has 0 saturated carbocycles. The third kappa shape index (κ3) is 3.11. The molecule has 0 aliphatic heterocycles. The molecule has 0 aromatic rings. The third-order valence-electron chi connectivity index (χ3n) is 2.36. The van der Waals surface area contributed by atoms with Gasteiger partial charge in [-0.1, -0.05) is 6.92 Å². The van der Waals surface area contributed by atoms with Crippen LogP contribution in [0.5, 0.6) is 0 Å². The zero-order chi connectivity index (χ0) is 13.1. The summed E-state index contributed by atoms with van der Waals surface area (Å²) in [4.78, 5) is 22.0. The van der Waals surface area contributed by atoms with Crippen molar-refractivity contribution in [2.24, 2.45) is 11.1 Å². The fourth-order valence-electron chi connectivity index (χ4n) is 1.03. The van der Waals surface area contributed by atoms with E-state index in [2.05, 4.69) is 0 Å². The van der Waals surface area contributed by atoms with Gasteiger partial charge in [-0.05, 0) is 13.8 Å². The summed E-state index contributed by atoms with van der Waals surface area (Å²) in [6.45, 7) is 3.10. The molecule has 16 heavy (non-hydrogen) atoms. The Labute approximate surface area is 91.4 Å². The van der Waals surface area contributed by atoms with E-state index in [1.807, 2.05) is 5.32 Å². The first kappa shape index (κ1) is 14.7. The van der Waals surface area contributed by atoms with E-state index in [4.69, 9.17) is 5.73 Å².